The summed E-state index contributed by atoms with van der Waals surface area (Å²) in [5.74, 6) is 1.37. The van der Waals surface area contributed by atoms with E-state index >= 15 is 0 Å². The van der Waals surface area contributed by atoms with Crippen molar-refractivity contribution in [3.63, 3.8) is 0 Å². The Morgan fingerprint density at radius 1 is 1.30 bits per heavy atom. The van der Waals surface area contributed by atoms with Crippen molar-refractivity contribution in [2.75, 3.05) is 0 Å². The number of benzene rings is 1. The quantitative estimate of drug-likeness (QED) is 0.909. The van der Waals surface area contributed by atoms with E-state index in [0.717, 1.165) is 29.8 Å². The fourth-order valence-electron chi connectivity index (χ4n) is 2.02. The Labute approximate surface area is 118 Å². The number of nitrogens with zero attached hydrogens (tertiary/aromatic N) is 1. The molecule has 0 atom stereocenters. The summed E-state index contributed by atoms with van der Waals surface area (Å²) in [5.41, 5.74) is 1.56. The third-order valence-electron chi connectivity index (χ3n) is 2.78. The molecule has 0 radical (unpaired) electrons. The van der Waals surface area contributed by atoms with E-state index in [1.165, 1.54) is 0 Å². The molecule has 0 aliphatic carbocycles. The van der Waals surface area contributed by atoms with Crippen LogP contribution in [0.3, 0.4) is 0 Å². The molecule has 20 heavy (non-hydrogen) atoms. The number of aryl methyl sites for hydroxylation is 1. The molecule has 1 heterocycles. The molecule has 0 amide bonds. The van der Waals surface area contributed by atoms with Crippen LogP contribution >= 0.6 is 0 Å². The van der Waals surface area contributed by atoms with Gasteiger partial charge in [0.2, 0.25) is 0 Å². The van der Waals surface area contributed by atoms with Crippen molar-refractivity contribution in [1.29, 1.82) is 0 Å². The second-order valence-corrected chi connectivity index (χ2v) is 5.03. The summed E-state index contributed by atoms with van der Waals surface area (Å²) >= 11 is 0. The number of aromatic amines is 1. The molecule has 0 bridgehead atoms. The predicted molar refractivity (Wildman–Crippen MR) is 80.1 cm³/mol. The highest BCUT2D eigenvalue weighted by Gasteiger charge is 2.06. The van der Waals surface area contributed by atoms with E-state index < -0.39 is 0 Å². The standard InChI is InChI=1S/C16H20N2O2/c1-4-6-13-10-15(19)18-16(17-13)12-7-5-8-14(9-12)20-11(2)3/h5,7-11H,4,6H2,1-3H3,(H,17,18,19). The van der Waals surface area contributed by atoms with Gasteiger partial charge in [-0.3, -0.25) is 4.79 Å². The number of ether oxygens (including phenoxy) is 1. The Morgan fingerprint density at radius 3 is 2.80 bits per heavy atom. The molecule has 0 fully saturated rings. The molecule has 4 heteroatoms. The Kier molecular flexibility index (Phi) is 4.56. The van der Waals surface area contributed by atoms with Crippen LogP contribution in [0.1, 0.15) is 32.9 Å². The van der Waals surface area contributed by atoms with E-state index in [1.807, 2.05) is 38.1 Å². The summed E-state index contributed by atoms with van der Waals surface area (Å²) in [4.78, 5) is 19.0. The average Bonchev–Trinajstić information content (AvgIpc) is 2.38. The summed E-state index contributed by atoms with van der Waals surface area (Å²) in [5, 5.41) is 0. The fraction of sp³-hybridized carbons (Fsp3) is 0.375. The minimum Gasteiger partial charge on any atom is -0.491 e. The molecule has 0 spiro atoms. The highest BCUT2D eigenvalue weighted by Crippen LogP contribution is 2.21. The van der Waals surface area contributed by atoms with Gasteiger partial charge < -0.3 is 9.72 Å². The van der Waals surface area contributed by atoms with Gasteiger partial charge in [-0.25, -0.2) is 4.98 Å². The van der Waals surface area contributed by atoms with Gasteiger partial charge in [0.25, 0.3) is 5.56 Å². The summed E-state index contributed by atoms with van der Waals surface area (Å²) < 4.78 is 5.66. The first kappa shape index (κ1) is 14.3. The maximum Gasteiger partial charge on any atom is 0.251 e. The topological polar surface area (TPSA) is 55.0 Å². The zero-order valence-corrected chi connectivity index (χ0v) is 12.1. The van der Waals surface area contributed by atoms with Crippen LogP contribution in [0.15, 0.2) is 35.1 Å². The third-order valence-corrected chi connectivity index (χ3v) is 2.78. The molecule has 0 saturated carbocycles. The molecule has 0 unspecified atom stereocenters. The van der Waals surface area contributed by atoms with Crippen LogP contribution in [0.2, 0.25) is 0 Å². The lowest BCUT2D eigenvalue weighted by atomic mass is 10.2. The van der Waals surface area contributed by atoms with E-state index in [2.05, 4.69) is 16.9 Å². The Bertz CT molecular complexity index is 632. The molecule has 2 aromatic rings. The average molecular weight is 272 g/mol. The molecule has 0 aliphatic rings. The Hall–Kier alpha value is -2.10. The van der Waals surface area contributed by atoms with Crippen molar-refractivity contribution in [2.24, 2.45) is 0 Å². The van der Waals surface area contributed by atoms with Crippen molar-refractivity contribution in [1.82, 2.24) is 9.97 Å². The van der Waals surface area contributed by atoms with E-state index in [4.69, 9.17) is 4.74 Å². The van der Waals surface area contributed by atoms with E-state index in [0.29, 0.717) is 5.82 Å². The zero-order valence-electron chi connectivity index (χ0n) is 12.1. The molecule has 2 rings (SSSR count). The van der Waals surface area contributed by atoms with E-state index in [1.54, 1.807) is 6.07 Å². The summed E-state index contributed by atoms with van der Waals surface area (Å²) in [7, 11) is 0. The molecule has 1 N–H and O–H groups in total. The van der Waals surface area contributed by atoms with Gasteiger partial charge in [-0.1, -0.05) is 25.5 Å². The largest absolute Gasteiger partial charge is 0.491 e. The van der Waals surface area contributed by atoms with E-state index in [9.17, 15) is 4.79 Å². The minimum atomic E-state index is -0.117. The van der Waals surface area contributed by atoms with Crippen LogP contribution in [-0.2, 0) is 6.42 Å². The van der Waals surface area contributed by atoms with Crippen molar-refractivity contribution >= 4 is 0 Å². The van der Waals surface area contributed by atoms with E-state index in [-0.39, 0.29) is 11.7 Å². The first-order chi connectivity index (χ1) is 9.58. The van der Waals surface area contributed by atoms with Gasteiger partial charge in [0.1, 0.15) is 11.6 Å². The molecule has 1 aromatic heterocycles. The first-order valence-corrected chi connectivity index (χ1v) is 6.96. The smallest absolute Gasteiger partial charge is 0.251 e. The number of nitrogens with one attached hydrogen (secondary N) is 1. The lowest BCUT2D eigenvalue weighted by Gasteiger charge is -2.11. The summed E-state index contributed by atoms with van der Waals surface area (Å²) in [6.07, 6.45) is 1.88. The fourth-order valence-corrected chi connectivity index (χ4v) is 2.02. The second-order valence-electron chi connectivity index (χ2n) is 5.03. The number of H-pyrrole nitrogens is 1. The van der Waals surface area contributed by atoms with Crippen molar-refractivity contribution in [3.05, 3.63) is 46.4 Å². The number of aromatic nitrogens is 2. The van der Waals surface area contributed by atoms with Crippen molar-refractivity contribution < 1.29 is 4.74 Å². The number of hydrogen-bond donors (Lipinski definition) is 1. The highest BCUT2D eigenvalue weighted by atomic mass is 16.5. The minimum absolute atomic E-state index is 0.115. The molecule has 1 aromatic carbocycles. The summed E-state index contributed by atoms with van der Waals surface area (Å²) in [6, 6.07) is 9.17. The van der Waals surface area contributed by atoms with Crippen LogP contribution < -0.4 is 10.3 Å². The van der Waals surface area contributed by atoms with Gasteiger partial charge in [-0.15, -0.1) is 0 Å². The maximum absolute atomic E-state index is 11.7. The third kappa shape index (κ3) is 3.70. The Morgan fingerprint density at radius 2 is 2.10 bits per heavy atom. The number of rotatable bonds is 5. The lowest BCUT2D eigenvalue weighted by molar-refractivity contribution is 0.242. The predicted octanol–water partition coefficient (Wildman–Crippen LogP) is 3.18. The summed E-state index contributed by atoms with van der Waals surface area (Å²) in [6.45, 7) is 6.03. The maximum atomic E-state index is 11.7. The van der Waals surface area contributed by atoms with Crippen LogP contribution in [-0.4, -0.2) is 16.1 Å². The molecule has 0 saturated heterocycles. The van der Waals surface area contributed by atoms with Gasteiger partial charge in [0.15, 0.2) is 0 Å². The van der Waals surface area contributed by atoms with Crippen molar-refractivity contribution in [3.8, 4) is 17.1 Å². The van der Waals surface area contributed by atoms with Crippen LogP contribution in [0.5, 0.6) is 5.75 Å². The van der Waals surface area contributed by atoms with Crippen LogP contribution in [0.25, 0.3) is 11.4 Å². The first-order valence-electron chi connectivity index (χ1n) is 6.96. The lowest BCUT2D eigenvalue weighted by Crippen LogP contribution is -2.10. The number of hydrogen-bond acceptors (Lipinski definition) is 3. The van der Waals surface area contributed by atoms with Gasteiger partial charge in [0, 0.05) is 17.3 Å². The molecule has 4 nitrogen and oxygen atoms in total. The van der Waals surface area contributed by atoms with Crippen molar-refractivity contribution in [2.45, 2.75) is 39.7 Å². The van der Waals surface area contributed by atoms with Crippen LogP contribution in [0.4, 0.5) is 0 Å². The SMILES string of the molecule is CCCc1cc(=O)[nH]c(-c2cccc(OC(C)C)c2)n1. The molecule has 106 valence electrons. The van der Waals surface area contributed by atoms with Gasteiger partial charge in [0.05, 0.1) is 6.10 Å². The van der Waals surface area contributed by atoms with Gasteiger partial charge in [-0.2, -0.15) is 0 Å². The van der Waals surface area contributed by atoms with Crippen LogP contribution in [0, 0.1) is 0 Å². The molecular formula is C16H20N2O2. The normalized spacial score (nSPS) is 10.8. The molecular weight excluding hydrogens is 252 g/mol. The highest BCUT2D eigenvalue weighted by molar-refractivity contribution is 5.57. The Balaban J connectivity index is 2.38. The monoisotopic (exact) mass is 272 g/mol. The van der Waals surface area contributed by atoms with Gasteiger partial charge in [-0.05, 0) is 32.4 Å². The second kappa shape index (κ2) is 6.37. The molecule has 0 aliphatic heterocycles. The zero-order chi connectivity index (χ0) is 14.5. The van der Waals surface area contributed by atoms with Gasteiger partial charge >= 0.3 is 0 Å².